The second-order valence-corrected chi connectivity index (χ2v) is 6.17. The molecule has 0 aliphatic carbocycles. The van der Waals surface area contributed by atoms with Crippen LogP contribution >= 0.6 is 11.3 Å². The van der Waals surface area contributed by atoms with Gasteiger partial charge in [-0.25, -0.2) is 4.79 Å². The number of aromatic nitrogens is 2. The summed E-state index contributed by atoms with van der Waals surface area (Å²) in [7, 11) is 1.87. The van der Waals surface area contributed by atoms with Crippen molar-refractivity contribution in [2.75, 3.05) is 26.7 Å². The van der Waals surface area contributed by atoms with E-state index in [0.717, 1.165) is 36.2 Å². The molecule has 0 unspecified atom stereocenters. The Hall–Kier alpha value is -1.74. The fraction of sp³-hybridized carbons (Fsp3) is 0.636. The molecule has 2 aliphatic heterocycles. The van der Waals surface area contributed by atoms with Crippen LogP contribution in [0.25, 0.3) is 0 Å². The van der Waals surface area contributed by atoms with Crippen molar-refractivity contribution in [1.82, 2.24) is 25.3 Å². The molecule has 110 valence electrons. The van der Waals surface area contributed by atoms with Crippen LogP contribution in [0.5, 0.6) is 0 Å². The van der Waals surface area contributed by atoms with E-state index in [1.54, 1.807) is 11.3 Å². The second kappa shape index (κ2) is 5.71. The van der Waals surface area contributed by atoms with Crippen molar-refractivity contribution in [3.63, 3.8) is 0 Å². The molecule has 0 atom stereocenters. The smallest absolute Gasteiger partial charge is 0.317 e. The summed E-state index contributed by atoms with van der Waals surface area (Å²) in [5.74, 6) is 0. The van der Waals surface area contributed by atoms with Gasteiger partial charge in [0, 0.05) is 26.7 Å². The number of hydrogen-bond donors (Lipinski definition) is 2. The van der Waals surface area contributed by atoms with Gasteiger partial charge in [0.1, 0.15) is 10.0 Å². The van der Waals surface area contributed by atoms with E-state index in [2.05, 4.69) is 20.4 Å². The summed E-state index contributed by atoms with van der Waals surface area (Å²) in [6.45, 7) is 5.15. The predicted molar refractivity (Wildman–Crippen MR) is 72.5 cm³/mol. The van der Waals surface area contributed by atoms with E-state index in [1.165, 1.54) is 0 Å². The predicted octanol–water partition coefficient (Wildman–Crippen LogP) is -0.243. The Balaban J connectivity index is 0.000000452. The van der Waals surface area contributed by atoms with Gasteiger partial charge >= 0.3 is 6.03 Å². The SMILES string of the molecule is Cc1nnc(CN2CC3(CNC(=O)N3C)C2)s1.O=CO. The van der Waals surface area contributed by atoms with Crippen molar-refractivity contribution in [2.45, 2.75) is 19.0 Å². The summed E-state index contributed by atoms with van der Waals surface area (Å²) in [5.41, 5.74) is 0.0107. The van der Waals surface area contributed by atoms with Gasteiger partial charge in [-0.15, -0.1) is 21.5 Å². The Labute approximate surface area is 120 Å². The van der Waals surface area contributed by atoms with Gasteiger partial charge in [0.2, 0.25) is 0 Å². The average molecular weight is 299 g/mol. The van der Waals surface area contributed by atoms with Gasteiger partial charge in [-0.2, -0.15) is 0 Å². The summed E-state index contributed by atoms with van der Waals surface area (Å²) >= 11 is 1.64. The zero-order valence-corrected chi connectivity index (χ0v) is 12.2. The van der Waals surface area contributed by atoms with Gasteiger partial charge in [0.15, 0.2) is 0 Å². The molecular weight excluding hydrogens is 282 g/mol. The minimum atomic E-state index is -0.250. The van der Waals surface area contributed by atoms with E-state index >= 15 is 0 Å². The Morgan fingerprint density at radius 3 is 2.60 bits per heavy atom. The summed E-state index contributed by atoms with van der Waals surface area (Å²) in [4.78, 5) is 23.9. The Kier molecular flexibility index (Phi) is 4.19. The number of urea groups is 1. The van der Waals surface area contributed by atoms with Crippen LogP contribution in [0.3, 0.4) is 0 Å². The van der Waals surface area contributed by atoms with E-state index in [1.807, 2.05) is 18.9 Å². The molecule has 2 aliphatic rings. The molecule has 1 spiro atoms. The lowest BCUT2D eigenvalue weighted by molar-refractivity contribution is -0.122. The molecule has 0 saturated carbocycles. The van der Waals surface area contributed by atoms with E-state index in [9.17, 15) is 4.79 Å². The molecule has 2 N–H and O–H groups in total. The number of likely N-dealkylation sites (N-methyl/N-ethyl adjacent to an activating group) is 1. The van der Waals surface area contributed by atoms with E-state index in [4.69, 9.17) is 9.90 Å². The van der Waals surface area contributed by atoms with Gasteiger partial charge in [-0.3, -0.25) is 9.69 Å². The van der Waals surface area contributed by atoms with Crippen LogP contribution in [0, 0.1) is 6.92 Å². The van der Waals surface area contributed by atoms with Crippen molar-refractivity contribution in [3.8, 4) is 0 Å². The first kappa shape index (κ1) is 14.7. The zero-order valence-electron chi connectivity index (χ0n) is 11.4. The number of likely N-dealkylation sites (tertiary alicyclic amines) is 1. The highest BCUT2D eigenvalue weighted by molar-refractivity contribution is 7.11. The van der Waals surface area contributed by atoms with Gasteiger partial charge in [-0.05, 0) is 6.92 Å². The molecule has 1 aromatic heterocycles. The molecule has 20 heavy (non-hydrogen) atoms. The molecule has 3 rings (SSSR count). The number of amides is 2. The topological polar surface area (TPSA) is 98.7 Å². The lowest BCUT2D eigenvalue weighted by Crippen LogP contribution is -2.68. The first-order valence-electron chi connectivity index (χ1n) is 6.11. The van der Waals surface area contributed by atoms with E-state index < -0.39 is 0 Å². The first-order valence-corrected chi connectivity index (χ1v) is 6.93. The van der Waals surface area contributed by atoms with Crippen LogP contribution in [0.1, 0.15) is 10.0 Å². The minimum absolute atomic E-state index is 0.0107. The number of carboxylic acid groups (broad SMARTS) is 1. The molecule has 3 heterocycles. The summed E-state index contributed by atoms with van der Waals surface area (Å²) < 4.78 is 0. The van der Waals surface area contributed by atoms with Crippen LogP contribution in [-0.2, 0) is 11.3 Å². The number of nitrogens with zero attached hydrogens (tertiary/aromatic N) is 4. The quantitative estimate of drug-likeness (QED) is 0.731. The third-order valence-corrected chi connectivity index (χ3v) is 4.37. The molecule has 8 nitrogen and oxygen atoms in total. The van der Waals surface area contributed by atoms with Gasteiger partial charge in [0.25, 0.3) is 6.47 Å². The average Bonchev–Trinajstić information content (AvgIpc) is 2.88. The molecule has 9 heteroatoms. The van der Waals surface area contributed by atoms with Crippen molar-refractivity contribution in [3.05, 3.63) is 10.0 Å². The molecular formula is C11H17N5O3S. The lowest BCUT2D eigenvalue weighted by atomic mass is 9.89. The fourth-order valence-corrected chi connectivity index (χ4v) is 3.26. The highest BCUT2D eigenvalue weighted by atomic mass is 32.1. The van der Waals surface area contributed by atoms with Crippen molar-refractivity contribution in [1.29, 1.82) is 0 Å². The molecule has 2 fully saturated rings. The number of rotatable bonds is 2. The normalized spacial score (nSPS) is 20.1. The molecule has 1 aromatic rings. The molecule has 0 bridgehead atoms. The third kappa shape index (κ3) is 2.73. The Morgan fingerprint density at radius 2 is 2.15 bits per heavy atom. The Morgan fingerprint density at radius 1 is 1.50 bits per heavy atom. The van der Waals surface area contributed by atoms with Crippen LogP contribution in [-0.4, -0.2) is 69.8 Å². The Bertz CT molecular complexity index is 500. The van der Waals surface area contributed by atoms with Crippen LogP contribution in [0.15, 0.2) is 0 Å². The first-order chi connectivity index (χ1) is 9.50. The largest absolute Gasteiger partial charge is 0.483 e. The monoisotopic (exact) mass is 299 g/mol. The van der Waals surface area contributed by atoms with Crippen LogP contribution in [0.2, 0.25) is 0 Å². The second-order valence-electron chi connectivity index (χ2n) is 4.91. The number of aryl methyl sites for hydroxylation is 1. The van der Waals surface area contributed by atoms with Crippen molar-refractivity contribution in [2.24, 2.45) is 0 Å². The standard InChI is InChI=1S/C10H15N5OS.CH2O2/c1-7-12-13-8(17-7)3-15-5-10(6-15)4-11-9(16)14(10)2;2-1-3/h3-6H2,1-2H3,(H,11,16);1H,(H,2,3). The zero-order chi connectivity index (χ0) is 14.8. The molecule has 2 saturated heterocycles. The van der Waals surface area contributed by atoms with Gasteiger partial charge < -0.3 is 15.3 Å². The molecule has 0 aromatic carbocycles. The van der Waals surface area contributed by atoms with Gasteiger partial charge in [-0.1, -0.05) is 0 Å². The van der Waals surface area contributed by atoms with E-state index in [0.29, 0.717) is 0 Å². The molecule has 0 radical (unpaired) electrons. The number of nitrogens with one attached hydrogen (secondary N) is 1. The summed E-state index contributed by atoms with van der Waals surface area (Å²) in [6.07, 6.45) is 0. The van der Waals surface area contributed by atoms with Crippen LogP contribution < -0.4 is 5.32 Å². The fourth-order valence-electron chi connectivity index (χ4n) is 2.51. The van der Waals surface area contributed by atoms with Gasteiger partial charge in [0.05, 0.1) is 12.1 Å². The maximum absolute atomic E-state index is 11.4. The number of carbonyl (C=O) groups excluding carboxylic acids is 1. The third-order valence-electron chi connectivity index (χ3n) is 3.55. The highest BCUT2D eigenvalue weighted by Gasteiger charge is 2.51. The van der Waals surface area contributed by atoms with Crippen LogP contribution in [0.4, 0.5) is 4.79 Å². The van der Waals surface area contributed by atoms with Crippen molar-refractivity contribution >= 4 is 23.8 Å². The number of hydrogen-bond acceptors (Lipinski definition) is 6. The maximum Gasteiger partial charge on any atom is 0.317 e. The highest BCUT2D eigenvalue weighted by Crippen LogP contribution is 2.31. The minimum Gasteiger partial charge on any atom is -0.483 e. The molecule has 2 amide bonds. The van der Waals surface area contributed by atoms with Crippen molar-refractivity contribution < 1.29 is 14.7 Å². The van der Waals surface area contributed by atoms with E-state index in [-0.39, 0.29) is 18.0 Å². The summed E-state index contributed by atoms with van der Waals surface area (Å²) in [5, 5.41) is 20.0. The maximum atomic E-state index is 11.4. The lowest BCUT2D eigenvalue weighted by Gasteiger charge is -2.50. The summed E-state index contributed by atoms with van der Waals surface area (Å²) in [6, 6.07) is 0.0383. The number of carbonyl (C=O) groups is 2.